The summed E-state index contributed by atoms with van der Waals surface area (Å²) in [5.74, 6) is 0.858. The summed E-state index contributed by atoms with van der Waals surface area (Å²) in [6.45, 7) is 2.01. The highest BCUT2D eigenvalue weighted by Crippen LogP contribution is 2.36. The Balaban J connectivity index is 1.72. The van der Waals surface area contributed by atoms with Crippen molar-refractivity contribution < 1.29 is 4.92 Å². The summed E-state index contributed by atoms with van der Waals surface area (Å²) in [6.07, 6.45) is 8.04. The first-order valence-corrected chi connectivity index (χ1v) is 7.71. The summed E-state index contributed by atoms with van der Waals surface area (Å²) in [5.41, 5.74) is 1.28. The van der Waals surface area contributed by atoms with E-state index in [1.165, 1.54) is 38.5 Å². The van der Waals surface area contributed by atoms with Crippen LogP contribution in [0.15, 0.2) is 24.3 Å². The number of hydrogen-bond acceptors (Lipinski definition) is 3. The molecule has 0 amide bonds. The van der Waals surface area contributed by atoms with E-state index in [9.17, 15) is 10.1 Å². The molecular weight excluding hydrogens is 252 g/mol. The monoisotopic (exact) mass is 274 g/mol. The Hall–Kier alpha value is -1.42. The third-order valence-electron chi connectivity index (χ3n) is 4.87. The zero-order chi connectivity index (χ0) is 13.9. The van der Waals surface area contributed by atoms with Gasteiger partial charge in [-0.2, -0.15) is 0 Å². The first-order valence-electron chi connectivity index (χ1n) is 7.71. The lowest BCUT2D eigenvalue weighted by atomic mass is 9.78. The fourth-order valence-electron chi connectivity index (χ4n) is 3.93. The van der Waals surface area contributed by atoms with E-state index in [0.717, 1.165) is 24.6 Å². The van der Waals surface area contributed by atoms with Gasteiger partial charge in [0.25, 0.3) is 5.69 Å². The lowest BCUT2D eigenvalue weighted by molar-refractivity contribution is -0.384. The zero-order valence-electron chi connectivity index (χ0n) is 11.8. The number of rotatable bonds is 3. The number of fused-ring (bicyclic) bond motifs is 1. The van der Waals surface area contributed by atoms with Gasteiger partial charge in [0.15, 0.2) is 0 Å². The van der Waals surface area contributed by atoms with Gasteiger partial charge >= 0.3 is 0 Å². The lowest BCUT2D eigenvalue weighted by Gasteiger charge is -2.44. The number of likely N-dealkylation sites (tertiary alicyclic amines) is 1. The van der Waals surface area contributed by atoms with Crippen molar-refractivity contribution in [3.8, 4) is 0 Å². The molecule has 1 aromatic rings. The van der Waals surface area contributed by atoms with E-state index in [2.05, 4.69) is 4.90 Å². The summed E-state index contributed by atoms with van der Waals surface area (Å²) in [7, 11) is 0. The third-order valence-corrected chi connectivity index (χ3v) is 4.87. The number of nitro groups is 1. The fraction of sp³-hybridized carbons (Fsp3) is 0.625. The van der Waals surface area contributed by atoms with Crippen LogP contribution in [0.25, 0.3) is 0 Å². The van der Waals surface area contributed by atoms with Crippen LogP contribution in [0.2, 0.25) is 0 Å². The second-order valence-corrected chi connectivity index (χ2v) is 6.15. The minimum absolute atomic E-state index is 0.208. The fourth-order valence-corrected chi connectivity index (χ4v) is 3.93. The van der Waals surface area contributed by atoms with Gasteiger partial charge in [-0.05, 0) is 43.7 Å². The van der Waals surface area contributed by atoms with Crippen LogP contribution in [0.3, 0.4) is 0 Å². The van der Waals surface area contributed by atoms with Gasteiger partial charge in [0, 0.05) is 24.7 Å². The van der Waals surface area contributed by atoms with Crippen LogP contribution in [0.4, 0.5) is 5.69 Å². The minimum Gasteiger partial charge on any atom is -0.296 e. The van der Waals surface area contributed by atoms with E-state index >= 15 is 0 Å². The van der Waals surface area contributed by atoms with Crippen LogP contribution < -0.4 is 0 Å². The highest BCUT2D eigenvalue weighted by atomic mass is 16.6. The predicted molar refractivity (Wildman–Crippen MR) is 78.5 cm³/mol. The molecule has 1 saturated heterocycles. The van der Waals surface area contributed by atoms with Crippen molar-refractivity contribution in [3.63, 3.8) is 0 Å². The molecule has 0 bridgehead atoms. The molecular formula is C16H22N2O2. The van der Waals surface area contributed by atoms with Crippen molar-refractivity contribution in [1.29, 1.82) is 0 Å². The van der Waals surface area contributed by atoms with E-state index in [4.69, 9.17) is 0 Å². The van der Waals surface area contributed by atoms with E-state index in [1.807, 2.05) is 6.07 Å². The highest BCUT2D eigenvalue weighted by molar-refractivity contribution is 5.34. The summed E-state index contributed by atoms with van der Waals surface area (Å²) in [4.78, 5) is 13.1. The van der Waals surface area contributed by atoms with Crippen LogP contribution in [0.1, 0.15) is 44.1 Å². The van der Waals surface area contributed by atoms with E-state index in [-0.39, 0.29) is 10.6 Å². The number of non-ortho nitro benzene ring substituents is 1. The molecule has 3 rings (SSSR count). The Kier molecular flexibility index (Phi) is 4.01. The van der Waals surface area contributed by atoms with E-state index < -0.39 is 0 Å². The number of hydrogen-bond donors (Lipinski definition) is 0. The molecule has 1 aromatic carbocycles. The van der Waals surface area contributed by atoms with Crippen molar-refractivity contribution in [1.82, 2.24) is 4.90 Å². The molecule has 0 unspecified atom stereocenters. The molecule has 108 valence electrons. The Morgan fingerprint density at radius 3 is 2.85 bits per heavy atom. The molecule has 1 saturated carbocycles. The van der Waals surface area contributed by atoms with Crippen molar-refractivity contribution >= 4 is 5.69 Å². The standard InChI is InChI=1S/C16H22N2O2/c19-18(20)15-8-3-5-13(11-15)12-17-10-4-7-14-6-1-2-9-16(14)17/h3,5,8,11,14,16H,1-2,4,6-7,9-10,12H2/t14-,16-/m1/s1. The Bertz CT molecular complexity index is 487. The normalized spacial score (nSPS) is 27.0. The maximum absolute atomic E-state index is 10.9. The second-order valence-electron chi connectivity index (χ2n) is 6.15. The van der Waals surface area contributed by atoms with Gasteiger partial charge < -0.3 is 0 Å². The summed E-state index contributed by atoms with van der Waals surface area (Å²) in [5, 5.41) is 10.9. The first kappa shape index (κ1) is 13.6. The van der Waals surface area contributed by atoms with E-state index in [1.54, 1.807) is 18.2 Å². The highest BCUT2D eigenvalue weighted by Gasteiger charge is 2.32. The largest absolute Gasteiger partial charge is 0.296 e. The molecule has 4 nitrogen and oxygen atoms in total. The molecule has 20 heavy (non-hydrogen) atoms. The van der Waals surface area contributed by atoms with Gasteiger partial charge in [0.05, 0.1) is 4.92 Å². The number of piperidine rings is 1. The van der Waals surface area contributed by atoms with Gasteiger partial charge in [0.1, 0.15) is 0 Å². The summed E-state index contributed by atoms with van der Waals surface area (Å²) in [6, 6.07) is 7.82. The maximum atomic E-state index is 10.9. The lowest BCUT2D eigenvalue weighted by Crippen LogP contribution is -2.46. The predicted octanol–water partition coefficient (Wildman–Crippen LogP) is 3.75. The average molecular weight is 274 g/mol. The second kappa shape index (κ2) is 5.92. The van der Waals surface area contributed by atoms with Gasteiger partial charge in [0.2, 0.25) is 0 Å². The molecule has 1 aliphatic carbocycles. The van der Waals surface area contributed by atoms with Crippen LogP contribution in [0.5, 0.6) is 0 Å². The Labute approximate surface area is 119 Å². The number of nitrogens with zero attached hydrogens (tertiary/aromatic N) is 2. The van der Waals surface area contributed by atoms with Crippen molar-refractivity contribution in [3.05, 3.63) is 39.9 Å². The molecule has 1 heterocycles. The zero-order valence-corrected chi connectivity index (χ0v) is 11.8. The van der Waals surface area contributed by atoms with Crippen molar-refractivity contribution in [2.75, 3.05) is 6.54 Å². The van der Waals surface area contributed by atoms with Crippen molar-refractivity contribution in [2.24, 2.45) is 5.92 Å². The quantitative estimate of drug-likeness (QED) is 0.623. The first-order chi connectivity index (χ1) is 9.74. The molecule has 1 aliphatic heterocycles. The molecule has 2 fully saturated rings. The average Bonchev–Trinajstić information content (AvgIpc) is 2.48. The molecule has 0 N–H and O–H groups in total. The molecule has 0 aromatic heterocycles. The van der Waals surface area contributed by atoms with Gasteiger partial charge in [-0.1, -0.05) is 25.0 Å². The van der Waals surface area contributed by atoms with Crippen LogP contribution in [-0.2, 0) is 6.54 Å². The van der Waals surface area contributed by atoms with Gasteiger partial charge in [-0.3, -0.25) is 15.0 Å². The molecule has 2 aliphatic rings. The van der Waals surface area contributed by atoms with Crippen LogP contribution in [0, 0.1) is 16.0 Å². The molecule has 4 heteroatoms. The van der Waals surface area contributed by atoms with Gasteiger partial charge in [-0.25, -0.2) is 0 Å². The third kappa shape index (κ3) is 2.85. The molecule has 0 radical (unpaired) electrons. The summed E-state index contributed by atoms with van der Waals surface area (Å²) < 4.78 is 0. The minimum atomic E-state index is -0.302. The van der Waals surface area contributed by atoms with Gasteiger partial charge in [-0.15, -0.1) is 0 Å². The Morgan fingerprint density at radius 1 is 1.20 bits per heavy atom. The smallest absolute Gasteiger partial charge is 0.269 e. The van der Waals surface area contributed by atoms with Crippen LogP contribution >= 0.6 is 0 Å². The Morgan fingerprint density at radius 2 is 2.00 bits per heavy atom. The SMILES string of the molecule is O=[N+]([O-])c1cccc(CN2CCC[C@H]3CCCC[C@H]32)c1. The maximum Gasteiger partial charge on any atom is 0.269 e. The number of benzene rings is 1. The van der Waals surface area contributed by atoms with E-state index in [0.29, 0.717) is 6.04 Å². The van der Waals surface area contributed by atoms with Crippen LogP contribution in [-0.4, -0.2) is 22.4 Å². The summed E-state index contributed by atoms with van der Waals surface area (Å²) >= 11 is 0. The van der Waals surface area contributed by atoms with Crippen molar-refractivity contribution in [2.45, 2.75) is 51.1 Å². The molecule has 0 spiro atoms. The molecule has 2 atom stereocenters. The number of nitro benzene ring substituents is 1. The topological polar surface area (TPSA) is 46.4 Å².